The third kappa shape index (κ3) is 4.86. The molecule has 10 nitrogen and oxygen atoms in total. The van der Waals surface area contributed by atoms with E-state index in [1.165, 1.54) is 13.2 Å². The summed E-state index contributed by atoms with van der Waals surface area (Å²) in [5.74, 6) is 0.832. The largest absolute Gasteiger partial charge is 0.347 e. The lowest BCUT2D eigenvalue weighted by molar-refractivity contribution is 0.144. The van der Waals surface area contributed by atoms with Crippen LogP contribution in [0.25, 0.3) is 0 Å². The Morgan fingerprint density at radius 1 is 1.15 bits per heavy atom. The van der Waals surface area contributed by atoms with Crippen molar-refractivity contribution in [2.75, 3.05) is 31.4 Å². The number of nitrogens with zero attached hydrogens (tertiary/aromatic N) is 5. The van der Waals surface area contributed by atoms with Gasteiger partial charge in [0.05, 0.1) is 12.0 Å². The van der Waals surface area contributed by atoms with Crippen LogP contribution in [0, 0.1) is 13.8 Å². The number of hydrogen-bond donors (Lipinski definition) is 2. The summed E-state index contributed by atoms with van der Waals surface area (Å²) in [5.41, 5.74) is 2.97. The van der Waals surface area contributed by atoms with Gasteiger partial charge < -0.3 is 4.90 Å². The zero-order chi connectivity index (χ0) is 19.3. The molecule has 2 rings (SSSR count). The van der Waals surface area contributed by atoms with E-state index >= 15 is 0 Å². The Labute approximate surface area is 152 Å². The first kappa shape index (κ1) is 19.5. The van der Waals surface area contributed by atoms with Gasteiger partial charge in [0.15, 0.2) is 0 Å². The highest BCUT2D eigenvalue weighted by Gasteiger charge is 2.18. The SMILES string of the molecule is CONC(=NS(=O)(=O)c1ccccc1C)Nc1nc(C)nc(N(C)C)n1. The fourth-order valence-electron chi connectivity index (χ4n) is 2.01. The molecule has 0 amide bonds. The summed E-state index contributed by atoms with van der Waals surface area (Å²) in [6, 6.07) is 6.56. The van der Waals surface area contributed by atoms with Crippen LogP contribution in [0.1, 0.15) is 11.4 Å². The van der Waals surface area contributed by atoms with Gasteiger partial charge in [-0.2, -0.15) is 23.4 Å². The molecule has 0 atom stereocenters. The Hall–Kier alpha value is -2.79. The van der Waals surface area contributed by atoms with Gasteiger partial charge in [0.2, 0.25) is 17.9 Å². The molecule has 0 aliphatic rings. The molecule has 0 radical (unpaired) electrons. The van der Waals surface area contributed by atoms with E-state index in [9.17, 15) is 8.42 Å². The molecular formula is C15H21N7O3S. The van der Waals surface area contributed by atoms with Crippen molar-refractivity contribution in [3.8, 4) is 0 Å². The zero-order valence-corrected chi connectivity index (χ0v) is 16.0. The summed E-state index contributed by atoms with van der Waals surface area (Å²) < 4.78 is 28.9. The lowest BCUT2D eigenvalue weighted by Gasteiger charge is -2.13. The first-order valence-electron chi connectivity index (χ1n) is 7.59. The van der Waals surface area contributed by atoms with E-state index in [0.29, 0.717) is 17.3 Å². The van der Waals surface area contributed by atoms with Crippen molar-refractivity contribution < 1.29 is 13.3 Å². The number of benzene rings is 1. The maximum Gasteiger partial charge on any atom is 0.285 e. The number of nitrogens with one attached hydrogen (secondary N) is 2. The second-order valence-electron chi connectivity index (χ2n) is 5.51. The number of hydrogen-bond acceptors (Lipinski definition) is 7. The fraction of sp³-hybridized carbons (Fsp3) is 0.333. The highest BCUT2D eigenvalue weighted by Crippen LogP contribution is 2.17. The standard InChI is InChI=1S/C15H21N7O3S/c1-10-8-6-7-9-12(10)26(23,24)21-14(20-25-5)18-13-16-11(2)17-15(19-13)22(3)4/h6-9H,1-5H3,(H2,16,17,18,19,20,21). The number of hydroxylamine groups is 1. The van der Waals surface area contributed by atoms with Crippen LogP contribution in [-0.4, -0.2) is 50.5 Å². The highest BCUT2D eigenvalue weighted by atomic mass is 32.2. The van der Waals surface area contributed by atoms with Crippen molar-refractivity contribution in [3.05, 3.63) is 35.7 Å². The number of aryl methyl sites for hydroxylation is 2. The van der Waals surface area contributed by atoms with Gasteiger partial charge in [0, 0.05) is 14.1 Å². The molecule has 2 aromatic rings. The molecule has 1 aromatic carbocycles. The van der Waals surface area contributed by atoms with E-state index in [1.54, 1.807) is 51.0 Å². The van der Waals surface area contributed by atoms with E-state index in [2.05, 4.69) is 30.1 Å². The smallest absolute Gasteiger partial charge is 0.285 e. The summed E-state index contributed by atoms with van der Waals surface area (Å²) >= 11 is 0. The second kappa shape index (κ2) is 8.06. The van der Waals surface area contributed by atoms with Crippen LogP contribution in [-0.2, 0) is 14.9 Å². The third-order valence-corrected chi connectivity index (χ3v) is 4.58. The molecule has 0 aliphatic carbocycles. The number of sulfonamides is 1. The van der Waals surface area contributed by atoms with Gasteiger partial charge in [-0.1, -0.05) is 18.2 Å². The molecule has 1 aromatic heterocycles. The van der Waals surface area contributed by atoms with Crippen LogP contribution in [0.3, 0.4) is 0 Å². The average Bonchev–Trinajstić information content (AvgIpc) is 2.54. The molecule has 0 unspecified atom stereocenters. The molecule has 0 fully saturated rings. The molecule has 26 heavy (non-hydrogen) atoms. The molecule has 0 aliphatic heterocycles. The van der Waals surface area contributed by atoms with Gasteiger partial charge in [0.25, 0.3) is 10.0 Å². The topological polar surface area (TPSA) is 122 Å². The summed E-state index contributed by atoms with van der Waals surface area (Å²) in [5, 5.41) is 2.71. The Morgan fingerprint density at radius 3 is 2.46 bits per heavy atom. The third-order valence-electron chi connectivity index (χ3n) is 3.15. The van der Waals surface area contributed by atoms with Crippen molar-refractivity contribution in [2.24, 2.45) is 4.40 Å². The molecule has 1 heterocycles. The van der Waals surface area contributed by atoms with Crippen LogP contribution >= 0.6 is 0 Å². The molecule has 0 saturated carbocycles. The summed E-state index contributed by atoms with van der Waals surface area (Å²) in [6.07, 6.45) is 0. The minimum atomic E-state index is -3.97. The van der Waals surface area contributed by atoms with Crippen LogP contribution in [0.4, 0.5) is 11.9 Å². The molecule has 0 bridgehead atoms. The van der Waals surface area contributed by atoms with Crippen molar-refractivity contribution >= 4 is 27.9 Å². The van der Waals surface area contributed by atoms with E-state index in [1.807, 2.05) is 0 Å². The van der Waals surface area contributed by atoms with Crippen LogP contribution in [0.15, 0.2) is 33.6 Å². The quantitative estimate of drug-likeness (QED) is 0.442. The predicted octanol–water partition coefficient (Wildman–Crippen LogP) is 0.862. The molecule has 0 saturated heterocycles. The van der Waals surface area contributed by atoms with Gasteiger partial charge in [-0.25, -0.2) is 5.48 Å². The van der Waals surface area contributed by atoms with E-state index in [-0.39, 0.29) is 16.8 Å². The average molecular weight is 379 g/mol. The first-order chi connectivity index (χ1) is 12.2. The van der Waals surface area contributed by atoms with Gasteiger partial charge in [0.1, 0.15) is 5.82 Å². The van der Waals surface area contributed by atoms with Crippen molar-refractivity contribution in [1.29, 1.82) is 0 Å². The van der Waals surface area contributed by atoms with Crippen LogP contribution in [0.5, 0.6) is 0 Å². The molecule has 2 N–H and O–H groups in total. The Morgan fingerprint density at radius 2 is 1.85 bits per heavy atom. The van der Waals surface area contributed by atoms with Gasteiger partial charge in [-0.05, 0) is 25.5 Å². The monoisotopic (exact) mass is 379 g/mol. The van der Waals surface area contributed by atoms with E-state index in [0.717, 1.165) is 0 Å². The Balaban J connectivity index is 2.40. The van der Waals surface area contributed by atoms with Crippen LogP contribution in [0.2, 0.25) is 0 Å². The number of guanidine groups is 1. The minimum absolute atomic E-state index is 0.0954. The molecule has 11 heteroatoms. The molecular weight excluding hydrogens is 358 g/mol. The van der Waals surface area contributed by atoms with E-state index in [4.69, 9.17) is 4.84 Å². The van der Waals surface area contributed by atoms with Gasteiger partial charge in [-0.3, -0.25) is 10.2 Å². The lowest BCUT2D eigenvalue weighted by Crippen LogP contribution is -2.32. The zero-order valence-electron chi connectivity index (χ0n) is 15.2. The highest BCUT2D eigenvalue weighted by molar-refractivity contribution is 7.90. The summed E-state index contributed by atoms with van der Waals surface area (Å²) in [6.45, 7) is 3.39. The lowest BCUT2D eigenvalue weighted by atomic mass is 10.2. The first-order valence-corrected chi connectivity index (χ1v) is 9.03. The second-order valence-corrected chi connectivity index (χ2v) is 7.08. The Kier molecular flexibility index (Phi) is 6.05. The maximum absolute atomic E-state index is 12.6. The van der Waals surface area contributed by atoms with Crippen molar-refractivity contribution in [2.45, 2.75) is 18.7 Å². The number of anilines is 2. The van der Waals surface area contributed by atoms with Crippen molar-refractivity contribution in [1.82, 2.24) is 20.4 Å². The van der Waals surface area contributed by atoms with Crippen molar-refractivity contribution in [3.63, 3.8) is 0 Å². The molecule has 0 spiro atoms. The number of aromatic nitrogens is 3. The van der Waals surface area contributed by atoms with E-state index < -0.39 is 10.0 Å². The van der Waals surface area contributed by atoms with Gasteiger partial charge in [-0.15, -0.1) is 4.40 Å². The normalized spacial score (nSPS) is 12.0. The summed E-state index contributed by atoms with van der Waals surface area (Å²) in [7, 11) is 0.930. The number of rotatable bonds is 5. The fourth-order valence-corrected chi connectivity index (χ4v) is 3.16. The Bertz CT molecular complexity index is 913. The maximum atomic E-state index is 12.6. The predicted molar refractivity (Wildman–Crippen MR) is 98.5 cm³/mol. The van der Waals surface area contributed by atoms with Gasteiger partial charge >= 0.3 is 0 Å². The minimum Gasteiger partial charge on any atom is -0.347 e. The van der Waals surface area contributed by atoms with Crippen LogP contribution < -0.4 is 15.7 Å². The molecule has 140 valence electrons. The summed E-state index contributed by atoms with van der Waals surface area (Å²) in [4.78, 5) is 19.1.